The highest BCUT2D eigenvalue weighted by molar-refractivity contribution is 5.55. The summed E-state index contributed by atoms with van der Waals surface area (Å²) in [6.07, 6.45) is 1.69. The molecule has 0 atom stereocenters. The maximum atomic E-state index is 13.0. The molecule has 1 aliphatic rings. The third-order valence-electron chi connectivity index (χ3n) is 3.80. The van der Waals surface area contributed by atoms with Crippen LogP contribution in [0.5, 0.6) is 0 Å². The normalized spacial score (nSPS) is 15.0. The zero-order chi connectivity index (χ0) is 15.5. The van der Waals surface area contributed by atoms with Crippen LogP contribution < -0.4 is 14.8 Å². The van der Waals surface area contributed by atoms with E-state index in [1.807, 2.05) is 4.90 Å². The third-order valence-corrected chi connectivity index (χ3v) is 3.80. The van der Waals surface area contributed by atoms with Crippen molar-refractivity contribution in [1.82, 2.24) is 0 Å². The smallest absolute Gasteiger partial charge is 0.357 e. The lowest BCUT2D eigenvalue weighted by atomic mass is 10.2. The van der Waals surface area contributed by atoms with Gasteiger partial charge in [-0.15, -0.1) is 0 Å². The summed E-state index contributed by atoms with van der Waals surface area (Å²) in [5.41, 5.74) is 1.05. The Kier molecular flexibility index (Phi) is 3.86. The number of piperazine rings is 1. The van der Waals surface area contributed by atoms with E-state index in [-0.39, 0.29) is 16.4 Å². The van der Waals surface area contributed by atoms with Crippen LogP contribution in [0.15, 0.2) is 42.6 Å². The lowest BCUT2D eigenvalue weighted by Crippen LogP contribution is -2.48. The molecule has 3 rings (SSSR count). The fraction of sp³-hybridized carbons (Fsp3) is 0.267. The zero-order valence-corrected chi connectivity index (χ0v) is 11.9. The summed E-state index contributed by atoms with van der Waals surface area (Å²) in [6.45, 7) is 2.79. The summed E-state index contributed by atoms with van der Waals surface area (Å²) in [7, 11) is 0. The van der Waals surface area contributed by atoms with Crippen molar-refractivity contribution in [1.29, 1.82) is 0 Å². The molecule has 114 valence electrons. The number of rotatable bonds is 3. The number of anilines is 2. The van der Waals surface area contributed by atoms with E-state index in [1.54, 1.807) is 24.4 Å². The molecule has 2 aromatic rings. The van der Waals surface area contributed by atoms with Crippen molar-refractivity contribution in [2.45, 2.75) is 0 Å². The number of nitro groups is 1. The van der Waals surface area contributed by atoms with Crippen molar-refractivity contribution >= 4 is 17.2 Å². The van der Waals surface area contributed by atoms with E-state index in [1.165, 1.54) is 18.2 Å². The molecule has 0 aliphatic carbocycles. The van der Waals surface area contributed by atoms with Gasteiger partial charge in [-0.25, -0.2) is 9.37 Å². The first-order valence-corrected chi connectivity index (χ1v) is 7.06. The van der Waals surface area contributed by atoms with E-state index in [2.05, 4.69) is 9.88 Å². The topological polar surface area (TPSA) is 63.8 Å². The van der Waals surface area contributed by atoms with Gasteiger partial charge in [-0.1, -0.05) is 0 Å². The van der Waals surface area contributed by atoms with Gasteiger partial charge in [0.25, 0.3) is 0 Å². The summed E-state index contributed by atoms with van der Waals surface area (Å²) in [6, 6.07) is 9.51. The van der Waals surface area contributed by atoms with Crippen LogP contribution in [0.25, 0.3) is 0 Å². The molecule has 6 nitrogen and oxygen atoms in total. The lowest BCUT2D eigenvalue weighted by molar-refractivity contribution is -0.411. The van der Waals surface area contributed by atoms with E-state index in [0.717, 1.165) is 18.8 Å². The second-order valence-corrected chi connectivity index (χ2v) is 5.11. The van der Waals surface area contributed by atoms with Crippen molar-refractivity contribution in [3.8, 4) is 0 Å². The maximum Gasteiger partial charge on any atom is 0.357 e. The molecule has 1 N–H and O–H groups in total. The Morgan fingerprint density at radius 3 is 2.32 bits per heavy atom. The summed E-state index contributed by atoms with van der Waals surface area (Å²) in [5, 5.41) is 11.1. The Morgan fingerprint density at radius 1 is 1.05 bits per heavy atom. The van der Waals surface area contributed by atoms with Crippen LogP contribution >= 0.6 is 0 Å². The minimum atomic E-state index is -0.377. The molecule has 0 spiro atoms. The van der Waals surface area contributed by atoms with Crippen molar-refractivity contribution in [2.75, 3.05) is 36.0 Å². The van der Waals surface area contributed by atoms with E-state index < -0.39 is 0 Å². The number of halogens is 1. The van der Waals surface area contributed by atoms with Gasteiger partial charge < -0.3 is 4.90 Å². The number of benzene rings is 1. The van der Waals surface area contributed by atoms with Crippen LogP contribution in [0.1, 0.15) is 0 Å². The van der Waals surface area contributed by atoms with E-state index in [4.69, 9.17) is 0 Å². The Hall–Kier alpha value is -2.70. The van der Waals surface area contributed by atoms with Crippen LogP contribution in [0.4, 0.5) is 21.6 Å². The third kappa shape index (κ3) is 2.83. The van der Waals surface area contributed by atoms with Crippen molar-refractivity contribution in [3.63, 3.8) is 0 Å². The van der Waals surface area contributed by atoms with Crippen LogP contribution in [0, 0.1) is 15.9 Å². The Bertz CT molecular complexity index is 669. The highest BCUT2D eigenvalue weighted by Gasteiger charge is 2.30. The summed E-state index contributed by atoms with van der Waals surface area (Å²) in [5.74, 6) is 0.281. The Labute approximate surface area is 127 Å². The monoisotopic (exact) mass is 303 g/mol. The summed E-state index contributed by atoms with van der Waals surface area (Å²) < 4.78 is 13.0. The van der Waals surface area contributed by atoms with Gasteiger partial charge in [0, 0.05) is 11.8 Å². The number of nitrogens with zero attached hydrogens (tertiary/aromatic N) is 3. The SMILES string of the molecule is O=[N+]([O-])c1ccc[nH+]c1N1CCN(c2ccc(F)cc2)CC1. The van der Waals surface area contributed by atoms with Crippen LogP contribution in [-0.2, 0) is 0 Å². The van der Waals surface area contributed by atoms with Crippen molar-refractivity contribution in [3.05, 3.63) is 58.5 Å². The number of hydrogen-bond acceptors (Lipinski definition) is 4. The Balaban J connectivity index is 1.72. The molecule has 1 aliphatic heterocycles. The average Bonchev–Trinajstić information content (AvgIpc) is 2.56. The molecule has 1 aromatic heterocycles. The predicted octanol–water partition coefficient (Wildman–Crippen LogP) is 1.87. The molecule has 22 heavy (non-hydrogen) atoms. The molecule has 1 saturated heterocycles. The highest BCUT2D eigenvalue weighted by Crippen LogP contribution is 2.24. The maximum absolute atomic E-state index is 13.0. The fourth-order valence-corrected chi connectivity index (χ4v) is 2.66. The van der Waals surface area contributed by atoms with Gasteiger partial charge in [-0.2, -0.15) is 0 Å². The molecular weight excluding hydrogens is 287 g/mol. The average molecular weight is 303 g/mol. The zero-order valence-electron chi connectivity index (χ0n) is 11.9. The van der Waals surface area contributed by atoms with Gasteiger partial charge >= 0.3 is 11.5 Å². The highest BCUT2D eigenvalue weighted by atomic mass is 19.1. The standard InChI is InChI=1S/C15H15FN4O2/c16-12-3-5-13(6-4-12)18-8-10-19(11-9-18)15-14(20(21)22)2-1-7-17-15/h1-7H,8-11H2/p+1. The van der Waals surface area contributed by atoms with Gasteiger partial charge in [-0.3, -0.25) is 15.0 Å². The molecule has 7 heteroatoms. The molecule has 0 unspecified atom stereocenters. The summed E-state index contributed by atoms with van der Waals surface area (Å²) >= 11 is 0. The van der Waals surface area contributed by atoms with E-state index >= 15 is 0 Å². The fourth-order valence-electron chi connectivity index (χ4n) is 2.66. The molecular formula is C15H16FN4O2+. The van der Waals surface area contributed by atoms with Crippen LogP contribution in [0.2, 0.25) is 0 Å². The predicted molar refractivity (Wildman–Crippen MR) is 80.5 cm³/mol. The van der Waals surface area contributed by atoms with Gasteiger partial charge in [-0.05, 0) is 30.3 Å². The van der Waals surface area contributed by atoms with Gasteiger partial charge in [0.2, 0.25) is 0 Å². The number of pyridine rings is 1. The van der Waals surface area contributed by atoms with Crippen molar-refractivity contribution < 1.29 is 14.3 Å². The van der Waals surface area contributed by atoms with Crippen LogP contribution in [-0.4, -0.2) is 31.1 Å². The second-order valence-electron chi connectivity index (χ2n) is 5.11. The van der Waals surface area contributed by atoms with Crippen molar-refractivity contribution in [2.24, 2.45) is 0 Å². The number of aromatic nitrogens is 1. The Morgan fingerprint density at radius 2 is 1.68 bits per heavy atom. The molecule has 0 amide bonds. The van der Waals surface area contributed by atoms with Crippen LogP contribution in [0.3, 0.4) is 0 Å². The van der Waals surface area contributed by atoms with Gasteiger partial charge in [0.1, 0.15) is 18.9 Å². The first-order chi connectivity index (χ1) is 10.6. The van der Waals surface area contributed by atoms with Gasteiger partial charge in [0.05, 0.1) is 24.2 Å². The largest absolute Gasteiger partial charge is 0.364 e. The number of hydrogen-bond donors (Lipinski definition) is 0. The second kappa shape index (κ2) is 5.97. The minimum Gasteiger partial charge on any atom is -0.364 e. The molecule has 0 radical (unpaired) electrons. The molecule has 0 saturated carbocycles. The summed E-state index contributed by atoms with van der Waals surface area (Å²) in [4.78, 5) is 17.8. The first kappa shape index (κ1) is 14.2. The minimum absolute atomic E-state index is 0.0812. The van der Waals surface area contributed by atoms with Gasteiger partial charge in [0.15, 0.2) is 0 Å². The van der Waals surface area contributed by atoms with E-state index in [9.17, 15) is 14.5 Å². The molecule has 1 fully saturated rings. The first-order valence-electron chi connectivity index (χ1n) is 7.06. The number of H-pyrrole nitrogens is 1. The molecule has 1 aromatic carbocycles. The number of aromatic amines is 1. The molecule has 0 bridgehead atoms. The number of nitrogens with one attached hydrogen (secondary N) is 1. The lowest BCUT2D eigenvalue weighted by Gasteiger charge is -2.32. The van der Waals surface area contributed by atoms with E-state index in [0.29, 0.717) is 18.9 Å². The molecule has 2 heterocycles. The quantitative estimate of drug-likeness (QED) is 0.641.